The molecule has 2 heterocycles. The molecule has 1 N–H and O–H groups in total. The Kier molecular flexibility index (Phi) is 4.77. The maximum absolute atomic E-state index is 12.0. The number of likely N-dealkylation sites (N-methyl/N-ethyl adjacent to an activating group) is 1. The van der Waals surface area contributed by atoms with Gasteiger partial charge in [0.1, 0.15) is 4.88 Å². The lowest BCUT2D eigenvalue weighted by Crippen LogP contribution is -2.37. The quantitative estimate of drug-likeness (QED) is 0.900. The SMILES string of the molecule is Cc1sc(C(=O)O)cc1CN(C)CC(=O)N1CCCC1. The molecule has 0 bridgehead atoms. The number of hydrogen-bond acceptors (Lipinski definition) is 4. The molecule has 20 heavy (non-hydrogen) atoms. The molecule has 1 saturated heterocycles. The molecule has 2 rings (SSSR count). The minimum Gasteiger partial charge on any atom is -0.477 e. The standard InChI is InChI=1S/C14H20N2O3S/c1-10-11(7-12(20-10)14(18)19)8-15(2)9-13(17)16-5-3-4-6-16/h7H,3-6,8-9H2,1-2H3,(H,18,19). The summed E-state index contributed by atoms with van der Waals surface area (Å²) in [6.45, 7) is 4.65. The van der Waals surface area contributed by atoms with Crippen LogP contribution in [-0.2, 0) is 11.3 Å². The van der Waals surface area contributed by atoms with Crippen LogP contribution in [0.4, 0.5) is 0 Å². The Morgan fingerprint density at radius 1 is 1.40 bits per heavy atom. The predicted octanol–water partition coefficient (Wildman–Crippen LogP) is 1.81. The molecule has 110 valence electrons. The van der Waals surface area contributed by atoms with Crippen LogP contribution >= 0.6 is 11.3 Å². The van der Waals surface area contributed by atoms with E-state index in [4.69, 9.17) is 5.11 Å². The molecule has 0 unspecified atom stereocenters. The number of hydrogen-bond donors (Lipinski definition) is 1. The van der Waals surface area contributed by atoms with Crippen LogP contribution in [0, 0.1) is 6.92 Å². The third-order valence-electron chi connectivity index (χ3n) is 3.54. The van der Waals surface area contributed by atoms with Gasteiger partial charge in [-0.1, -0.05) is 0 Å². The fraction of sp³-hybridized carbons (Fsp3) is 0.571. The number of carbonyl (C=O) groups excluding carboxylic acids is 1. The highest BCUT2D eigenvalue weighted by molar-refractivity contribution is 7.14. The summed E-state index contributed by atoms with van der Waals surface area (Å²) in [7, 11) is 1.89. The van der Waals surface area contributed by atoms with Crippen molar-refractivity contribution in [3.8, 4) is 0 Å². The van der Waals surface area contributed by atoms with E-state index in [-0.39, 0.29) is 5.91 Å². The molecule has 0 atom stereocenters. The second-order valence-electron chi connectivity index (χ2n) is 5.26. The van der Waals surface area contributed by atoms with Gasteiger partial charge in [0.15, 0.2) is 0 Å². The summed E-state index contributed by atoms with van der Waals surface area (Å²) >= 11 is 1.29. The molecule has 6 heteroatoms. The lowest BCUT2D eigenvalue weighted by atomic mass is 10.2. The Morgan fingerprint density at radius 2 is 2.05 bits per heavy atom. The Labute approximate surface area is 122 Å². The molecule has 0 aromatic carbocycles. The van der Waals surface area contributed by atoms with Crippen LogP contribution in [-0.4, -0.2) is 53.5 Å². The summed E-state index contributed by atoms with van der Waals surface area (Å²) in [5, 5.41) is 8.98. The second-order valence-corrected chi connectivity index (χ2v) is 6.51. The van der Waals surface area contributed by atoms with Crippen molar-refractivity contribution >= 4 is 23.2 Å². The third-order valence-corrected chi connectivity index (χ3v) is 4.62. The van der Waals surface area contributed by atoms with Crippen molar-refractivity contribution < 1.29 is 14.7 Å². The van der Waals surface area contributed by atoms with Gasteiger partial charge in [0.2, 0.25) is 5.91 Å². The zero-order valence-corrected chi connectivity index (χ0v) is 12.7. The van der Waals surface area contributed by atoms with Crippen molar-refractivity contribution in [3.05, 3.63) is 21.4 Å². The van der Waals surface area contributed by atoms with Gasteiger partial charge < -0.3 is 10.0 Å². The summed E-state index contributed by atoms with van der Waals surface area (Å²) < 4.78 is 0. The number of aryl methyl sites for hydroxylation is 1. The molecule has 1 aliphatic rings. The van der Waals surface area contributed by atoms with Crippen molar-refractivity contribution in [1.29, 1.82) is 0 Å². The number of likely N-dealkylation sites (tertiary alicyclic amines) is 1. The summed E-state index contributed by atoms with van der Waals surface area (Å²) in [4.78, 5) is 28.2. The molecule has 1 amide bonds. The van der Waals surface area contributed by atoms with E-state index in [1.54, 1.807) is 6.07 Å². The van der Waals surface area contributed by atoms with E-state index in [0.29, 0.717) is 18.0 Å². The highest BCUT2D eigenvalue weighted by Crippen LogP contribution is 2.22. The van der Waals surface area contributed by atoms with Crippen LogP contribution < -0.4 is 0 Å². The number of thiophene rings is 1. The number of carboxylic acid groups (broad SMARTS) is 1. The third kappa shape index (κ3) is 3.58. The first-order valence-corrected chi connectivity index (χ1v) is 7.58. The number of amides is 1. The van der Waals surface area contributed by atoms with Gasteiger partial charge >= 0.3 is 5.97 Å². The first-order chi connectivity index (χ1) is 9.47. The van der Waals surface area contributed by atoms with E-state index in [1.165, 1.54) is 11.3 Å². The van der Waals surface area contributed by atoms with Crippen molar-refractivity contribution in [3.63, 3.8) is 0 Å². The highest BCUT2D eigenvalue weighted by Gasteiger charge is 2.20. The normalized spacial score (nSPS) is 15.1. The average Bonchev–Trinajstić information content (AvgIpc) is 2.99. The van der Waals surface area contributed by atoms with E-state index in [1.807, 2.05) is 23.8 Å². The number of rotatable bonds is 5. The highest BCUT2D eigenvalue weighted by atomic mass is 32.1. The van der Waals surface area contributed by atoms with Crippen LogP contribution in [0.3, 0.4) is 0 Å². The van der Waals surface area contributed by atoms with Crippen LogP contribution in [0.5, 0.6) is 0 Å². The van der Waals surface area contributed by atoms with Crippen molar-refractivity contribution in [2.24, 2.45) is 0 Å². The first kappa shape index (κ1) is 15.0. The number of carboxylic acids is 1. The molecular formula is C14H20N2O3S. The summed E-state index contributed by atoms with van der Waals surface area (Å²) in [5.74, 6) is -0.725. The summed E-state index contributed by atoms with van der Waals surface area (Å²) in [6.07, 6.45) is 2.20. The maximum Gasteiger partial charge on any atom is 0.345 e. The van der Waals surface area contributed by atoms with Gasteiger partial charge in [-0.15, -0.1) is 11.3 Å². The fourth-order valence-electron chi connectivity index (χ4n) is 2.43. The molecule has 5 nitrogen and oxygen atoms in total. The van der Waals surface area contributed by atoms with Gasteiger partial charge in [-0.3, -0.25) is 9.69 Å². The van der Waals surface area contributed by atoms with Gasteiger partial charge in [-0.05, 0) is 38.4 Å². The van der Waals surface area contributed by atoms with Crippen LogP contribution in [0.25, 0.3) is 0 Å². The molecule has 0 saturated carbocycles. The van der Waals surface area contributed by atoms with Gasteiger partial charge in [-0.2, -0.15) is 0 Å². The average molecular weight is 296 g/mol. The number of carbonyl (C=O) groups is 2. The lowest BCUT2D eigenvalue weighted by Gasteiger charge is -2.21. The Balaban J connectivity index is 1.92. The van der Waals surface area contributed by atoms with Gasteiger partial charge in [0.25, 0.3) is 0 Å². The molecule has 0 radical (unpaired) electrons. The zero-order chi connectivity index (χ0) is 14.7. The van der Waals surface area contributed by atoms with E-state index in [0.717, 1.165) is 36.4 Å². The molecule has 0 aliphatic carbocycles. The Bertz CT molecular complexity index is 507. The Hall–Kier alpha value is -1.40. The minimum absolute atomic E-state index is 0.163. The van der Waals surface area contributed by atoms with Crippen molar-refractivity contribution in [1.82, 2.24) is 9.80 Å². The predicted molar refractivity (Wildman–Crippen MR) is 78.2 cm³/mol. The molecule has 0 spiro atoms. The van der Waals surface area contributed by atoms with E-state index in [9.17, 15) is 9.59 Å². The van der Waals surface area contributed by atoms with Crippen molar-refractivity contribution in [2.45, 2.75) is 26.3 Å². The van der Waals surface area contributed by atoms with E-state index in [2.05, 4.69) is 0 Å². The van der Waals surface area contributed by atoms with Crippen LogP contribution in [0.15, 0.2) is 6.07 Å². The zero-order valence-electron chi connectivity index (χ0n) is 11.9. The van der Waals surface area contributed by atoms with Gasteiger partial charge in [-0.25, -0.2) is 4.79 Å². The van der Waals surface area contributed by atoms with Crippen LogP contribution in [0.2, 0.25) is 0 Å². The molecule has 1 aromatic rings. The topological polar surface area (TPSA) is 60.9 Å². The fourth-order valence-corrected chi connectivity index (χ4v) is 3.30. The Morgan fingerprint density at radius 3 is 2.60 bits per heavy atom. The smallest absolute Gasteiger partial charge is 0.345 e. The van der Waals surface area contributed by atoms with Crippen molar-refractivity contribution in [2.75, 3.05) is 26.7 Å². The lowest BCUT2D eigenvalue weighted by molar-refractivity contribution is -0.131. The first-order valence-electron chi connectivity index (χ1n) is 6.76. The largest absolute Gasteiger partial charge is 0.477 e. The van der Waals surface area contributed by atoms with E-state index >= 15 is 0 Å². The summed E-state index contributed by atoms with van der Waals surface area (Å²) in [6, 6.07) is 1.71. The number of aromatic carboxylic acids is 1. The summed E-state index contributed by atoms with van der Waals surface area (Å²) in [5.41, 5.74) is 0.990. The van der Waals surface area contributed by atoms with Gasteiger partial charge in [0.05, 0.1) is 6.54 Å². The molecular weight excluding hydrogens is 276 g/mol. The second kappa shape index (κ2) is 6.37. The number of nitrogens with zero attached hydrogens (tertiary/aromatic N) is 2. The molecule has 1 fully saturated rings. The maximum atomic E-state index is 12.0. The van der Waals surface area contributed by atoms with Gasteiger partial charge in [0, 0.05) is 24.5 Å². The molecule has 1 aliphatic heterocycles. The molecule has 1 aromatic heterocycles. The monoisotopic (exact) mass is 296 g/mol. The minimum atomic E-state index is -0.889. The van der Waals surface area contributed by atoms with Crippen LogP contribution in [0.1, 0.15) is 33.0 Å². The van der Waals surface area contributed by atoms with E-state index < -0.39 is 5.97 Å².